The number of aryl methyl sites for hydroxylation is 1. The van der Waals surface area contributed by atoms with Crippen molar-refractivity contribution in [1.29, 1.82) is 0 Å². The monoisotopic (exact) mass is 404 g/mol. The Kier molecular flexibility index (Phi) is 7.60. The quantitative estimate of drug-likeness (QED) is 0.672. The molecule has 1 amide bonds. The fourth-order valence-electron chi connectivity index (χ4n) is 2.81. The van der Waals surface area contributed by atoms with E-state index in [4.69, 9.17) is 4.74 Å². The van der Waals surface area contributed by atoms with E-state index in [0.717, 1.165) is 12.8 Å². The number of rotatable bonds is 9. The molecule has 1 unspecified atom stereocenters. The van der Waals surface area contributed by atoms with Crippen molar-refractivity contribution in [2.75, 3.05) is 7.11 Å². The van der Waals surface area contributed by atoms with E-state index in [1.54, 1.807) is 19.9 Å². The Hall–Kier alpha value is -2.38. The van der Waals surface area contributed by atoms with E-state index in [1.165, 1.54) is 24.8 Å². The second-order valence-corrected chi connectivity index (χ2v) is 8.72. The van der Waals surface area contributed by atoms with Gasteiger partial charge in [-0.2, -0.15) is 0 Å². The van der Waals surface area contributed by atoms with Gasteiger partial charge >= 0.3 is 0 Å². The molecule has 6 nitrogen and oxygen atoms in total. The van der Waals surface area contributed by atoms with E-state index in [0.29, 0.717) is 0 Å². The molecule has 2 aromatic carbocycles. The van der Waals surface area contributed by atoms with E-state index < -0.39 is 10.0 Å². The molecule has 2 rings (SSSR count). The summed E-state index contributed by atoms with van der Waals surface area (Å²) >= 11 is 0. The van der Waals surface area contributed by atoms with Crippen molar-refractivity contribution < 1.29 is 17.9 Å². The third-order valence-corrected chi connectivity index (χ3v) is 5.87. The normalized spacial score (nSPS) is 12.6. The number of carbonyl (C=O) groups is 1. The first-order chi connectivity index (χ1) is 13.2. The summed E-state index contributed by atoms with van der Waals surface area (Å²) in [5.41, 5.74) is 1.48. The fraction of sp³-hybridized carbons (Fsp3) is 0.381. The van der Waals surface area contributed by atoms with Crippen LogP contribution in [0.1, 0.15) is 43.1 Å². The second-order valence-electron chi connectivity index (χ2n) is 7.04. The van der Waals surface area contributed by atoms with Crippen LogP contribution in [-0.4, -0.2) is 33.5 Å². The highest BCUT2D eigenvalue weighted by molar-refractivity contribution is 7.89. The van der Waals surface area contributed by atoms with Gasteiger partial charge in [-0.1, -0.05) is 30.3 Å². The minimum absolute atomic E-state index is 0.0479. The number of hydrogen-bond acceptors (Lipinski definition) is 4. The van der Waals surface area contributed by atoms with Crippen molar-refractivity contribution in [2.45, 2.75) is 50.6 Å². The van der Waals surface area contributed by atoms with Crippen molar-refractivity contribution in [2.24, 2.45) is 0 Å². The molecule has 0 aliphatic rings. The van der Waals surface area contributed by atoms with E-state index >= 15 is 0 Å². The number of methoxy groups -OCH3 is 1. The van der Waals surface area contributed by atoms with Gasteiger partial charge in [-0.25, -0.2) is 13.1 Å². The first kappa shape index (κ1) is 21.9. The Labute approximate surface area is 167 Å². The molecule has 152 valence electrons. The SMILES string of the molecule is COc1ccc(C(=O)NC(C)CCc2ccccc2)cc1S(=O)(=O)NC(C)C. The van der Waals surface area contributed by atoms with Crippen LogP contribution >= 0.6 is 0 Å². The van der Waals surface area contributed by atoms with Crippen LogP contribution < -0.4 is 14.8 Å². The third-order valence-electron chi connectivity index (χ3n) is 4.19. The molecule has 0 saturated carbocycles. The van der Waals surface area contributed by atoms with Crippen LogP contribution in [0.4, 0.5) is 0 Å². The minimum atomic E-state index is -3.79. The first-order valence-corrected chi connectivity index (χ1v) is 10.8. The average molecular weight is 405 g/mol. The summed E-state index contributed by atoms with van der Waals surface area (Å²) in [6, 6.07) is 14.1. The second kappa shape index (κ2) is 9.71. The highest BCUT2D eigenvalue weighted by Crippen LogP contribution is 2.25. The molecule has 0 saturated heterocycles. The molecule has 0 spiro atoms. The van der Waals surface area contributed by atoms with E-state index in [-0.39, 0.29) is 34.2 Å². The topological polar surface area (TPSA) is 84.5 Å². The molecule has 0 heterocycles. The van der Waals surface area contributed by atoms with E-state index in [1.807, 2.05) is 25.1 Å². The molecule has 0 aliphatic heterocycles. The minimum Gasteiger partial charge on any atom is -0.495 e. The lowest BCUT2D eigenvalue weighted by molar-refractivity contribution is 0.0938. The van der Waals surface area contributed by atoms with Crippen LogP contribution in [0, 0.1) is 0 Å². The maximum atomic E-state index is 12.6. The molecule has 0 radical (unpaired) electrons. The van der Waals surface area contributed by atoms with Gasteiger partial charge in [0.2, 0.25) is 10.0 Å². The molecular weight excluding hydrogens is 376 g/mol. The number of carbonyl (C=O) groups excluding carboxylic acids is 1. The maximum absolute atomic E-state index is 12.6. The number of sulfonamides is 1. The Balaban J connectivity index is 2.11. The highest BCUT2D eigenvalue weighted by atomic mass is 32.2. The summed E-state index contributed by atoms with van der Waals surface area (Å²) < 4.78 is 32.8. The Morgan fingerprint density at radius 3 is 2.36 bits per heavy atom. The molecule has 7 heteroatoms. The van der Waals surface area contributed by atoms with Gasteiger partial charge in [0.15, 0.2) is 0 Å². The zero-order chi connectivity index (χ0) is 20.7. The number of amides is 1. The van der Waals surface area contributed by atoms with Crippen molar-refractivity contribution in [1.82, 2.24) is 10.0 Å². The molecule has 2 aromatic rings. The summed E-state index contributed by atoms with van der Waals surface area (Å²) in [6.07, 6.45) is 1.63. The standard InChI is InChI=1S/C21H28N2O4S/c1-15(2)23-28(25,26)20-14-18(12-13-19(20)27-4)21(24)22-16(3)10-11-17-8-6-5-7-9-17/h5-9,12-16,23H,10-11H2,1-4H3,(H,22,24). The van der Waals surface area contributed by atoms with Gasteiger partial charge < -0.3 is 10.1 Å². The molecule has 2 N–H and O–H groups in total. The van der Waals surface area contributed by atoms with Crippen molar-refractivity contribution in [3.8, 4) is 5.75 Å². The lowest BCUT2D eigenvalue weighted by Gasteiger charge is -2.16. The van der Waals surface area contributed by atoms with Crippen LogP contribution in [-0.2, 0) is 16.4 Å². The lowest BCUT2D eigenvalue weighted by Crippen LogP contribution is -2.33. The molecule has 0 fully saturated rings. The molecule has 0 aliphatic carbocycles. The van der Waals surface area contributed by atoms with E-state index in [9.17, 15) is 13.2 Å². The molecule has 1 atom stereocenters. The summed E-state index contributed by atoms with van der Waals surface area (Å²) in [6.45, 7) is 5.40. The van der Waals surface area contributed by atoms with Gasteiger partial charge in [0.1, 0.15) is 10.6 Å². The van der Waals surface area contributed by atoms with Crippen LogP contribution in [0.25, 0.3) is 0 Å². The van der Waals surface area contributed by atoms with Crippen LogP contribution in [0.5, 0.6) is 5.75 Å². The molecular formula is C21H28N2O4S. The van der Waals surface area contributed by atoms with Crippen LogP contribution in [0.3, 0.4) is 0 Å². The highest BCUT2D eigenvalue weighted by Gasteiger charge is 2.22. The first-order valence-electron chi connectivity index (χ1n) is 9.28. The largest absolute Gasteiger partial charge is 0.495 e. The molecule has 28 heavy (non-hydrogen) atoms. The van der Waals surface area contributed by atoms with Crippen molar-refractivity contribution in [3.63, 3.8) is 0 Å². The molecule has 0 bridgehead atoms. The number of hydrogen-bond donors (Lipinski definition) is 2. The lowest BCUT2D eigenvalue weighted by atomic mass is 10.1. The Morgan fingerprint density at radius 1 is 1.07 bits per heavy atom. The maximum Gasteiger partial charge on any atom is 0.251 e. The van der Waals surface area contributed by atoms with Gasteiger partial charge in [-0.3, -0.25) is 4.79 Å². The van der Waals surface area contributed by atoms with Gasteiger partial charge in [-0.15, -0.1) is 0 Å². The Bertz CT molecular complexity index is 896. The average Bonchev–Trinajstić information content (AvgIpc) is 2.65. The van der Waals surface area contributed by atoms with Crippen LogP contribution in [0.15, 0.2) is 53.4 Å². The molecule has 0 aromatic heterocycles. The van der Waals surface area contributed by atoms with Crippen LogP contribution in [0.2, 0.25) is 0 Å². The van der Waals surface area contributed by atoms with Gasteiger partial charge in [0.25, 0.3) is 5.91 Å². The van der Waals surface area contributed by atoms with Gasteiger partial charge in [0, 0.05) is 17.6 Å². The van der Waals surface area contributed by atoms with E-state index in [2.05, 4.69) is 22.2 Å². The van der Waals surface area contributed by atoms with Crippen molar-refractivity contribution in [3.05, 3.63) is 59.7 Å². The predicted molar refractivity (Wildman–Crippen MR) is 110 cm³/mol. The Morgan fingerprint density at radius 2 is 1.75 bits per heavy atom. The smallest absolute Gasteiger partial charge is 0.251 e. The van der Waals surface area contributed by atoms with Gasteiger partial charge in [-0.05, 0) is 57.4 Å². The fourth-order valence-corrected chi connectivity index (χ4v) is 4.25. The summed E-state index contributed by atoms with van der Waals surface area (Å²) in [4.78, 5) is 12.6. The number of benzene rings is 2. The third kappa shape index (κ3) is 6.07. The number of ether oxygens (including phenoxy) is 1. The summed E-state index contributed by atoms with van der Waals surface area (Å²) in [5.74, 6) is -0.119. The van der Waals surface area contributed by atoms with Crippen molar-refractivity contribution >= 4 is 15.9 Å². The summed E-state index contributed by atoms with van der Waals surface area (Å²) in [7, 11) is -2.39. The zero-order valence-corrected chi connectivity index (χ0v) is 17.5. The predicted octanol–water partition coefficient (Wildman–Crippen LogP) is 3.13. The summed E-state index contributed by atoms with van der Waals surface area (Å²) in [5, 5.41) is 2.93. The zero-order valence-electron chi connectivity index (χ0n) is 16.7. The number of nitrogens with one attached hydrogen (secondary N) is 2. The van der Waals surface area contributed by atoms with Gasteiger partial charge in [0.05, 0.1) is 7.11 Å².